The van der Waals surface area contributed by atoms with Crippen molar-refractivity contribution in [2.24, 2.45) is 5.92 Å². The van der Waals surface area contributed by atoms with E-state index in [0.717, 1.165) is 5.56 Å². The van der Waals surface area contributed by atoms with E-state index >= 15 is 0 Å². The molecule has 0 unspecified atom stereocenters. The Hall–Kier alpha value is -2.91. The van der Waals surface area contributed by atoms with Gasteiger partial charge in [0, 0.05) is 37.3 Å². The van der Waals surface area contributed by atoms with Crippen LogP contribution < -0.4 is 15.4 Å². The van der Waals surface area contributed by atoms with E-state index in [-0.39, 0.29) is 35.7 Å². The van der Waals surface area contributed by atoms with Gasteiger partial charge in [0.25, 0.3) is 0 Å². The van der Waals surface area contributed by atoms with Crippen molar-refractivity contribution >= 4 is 33.2 Å². The summed E-state index contributed by atoms with van der Waals surface area (Å²) in [6, 6.07) is 11.9. The normalized spacial score (nSPS) is 15.3. The van der Waals surface area contributed by atoms with Gasteiger partial charge >= 0.3 is 0 Å². The molecule has 8 nitrogen and oxygen atoms in total. The number of nitrogens with zero attached hydrogens (tertiary/aromatic N) is 1. The van der Waals surface area contributed by atoms with Crippen LogP contribution in [0.1, 0.15) is 25.3 Å². The van der Waals surface area contributed by atoms with E-state index in [1.54, 1.807) is 42.5 Å². The van der Waals surface area contributed by atoms with Crippen LogP contribution in [0.2, 0.25) is 0 Å². The minimum atomic E-state index is -3.71. The number of benzene rings is 2. The van der Waals surface area contributed by atoms with Crippen molar-refractivity contribution in [1.29, 1.82) is 0 Å². The average molecular weight is 446 g/mol. The Morgan fingerprint density at radius 1 is 1.00 bits per heavy atom. The molecular formula is C22H27N3O5S. The molecule has 1 saturated heterocycles. The first-order valence-electron chi connectivity index (χ1n) is 10.0. The summed E-state index contributed by atoms with van der Waals surface area (Å²) in [7, 11) is -2.26. The van der Waals surface area contributed by atoms with Crippen LogP contribution in [-0.4, -0.2) is 44.7 Å². The number of rotatable bonds is 6. The molecule has 0 radical (unpaired) electrons. The Kier molecular flexibility index (Phi) is 6.97. The lowest BCUT2D eigenvalue weighted by Gasteiger charge is -2.31. The Labute approximate surface area is 182 Å². The van der Waals surface area contributed by atoms with Crippen molar-refractivity contribution in [2.45, 2.75) is 31.6 Å². The number of anilines is 2. The van der Waals surface area contributed by atoms with E-state index in [1.807, 2.05) is 6.92 Å². The fourth-order valence-electron chi connectivity index (χ4n) is 3.57. The first-order chi connectivity index (χ1) is 14.7. The van der Waals surface area contributed by atoms with Gasteiger partial charge in [0.05, 0.1) is 7.11 Å². The SMILES string of the molecule is COc1ccc(C)cc1S(=O)(=O)N1CCC(C(=O)Nc2ccc(NC(C)=O)cc2)CC1. The molecule has 0 spiro atoms. The number of sulfonamides is 1. The second-order valence-corrected chi connectivity index (χ2v) is 9.49. The summed E-state index contributed by atoms with van der Waals surface area (Å²) < 4.78 is 32.9. The molecule has 2 amide bonds. The zero-order chi connectivity index (χ0) is 22.6. The van der Waals surface area contributed by atoms with Gasteiger partial charge in [-0.3, -0.25) is 9.59 Å². The number of amides is 2. The highest BCUT2D eigenvalue weighted by atomic mass is 32.2. The van der Waals surface area contributed by atoms with Crippen LogP contribution in [0.5, 0.6) is 5.75 Å². The molecule has 2 aromatic carbocycles. The number of methoxy groups -OCH3 is 1. The summed E-state index contributed by atoms with van der Waals surface area (Å²) in [6.07, 6.45) is 0.867. The number of aryl methyl sites for hydroxylation is 1. The average Bonchev–Trinajstić information content (AvgIpc) is 2.74. The van der Waals surface area contributed by atoms with E-state index in [1.165, 1.54) is 18.3 Å². The third-order valence-electron chi connectivity index (χ3n) is 5.23. The van der Waals surface area contributed by atoms with E-state index < -0.39 is 10.0 Å². The van der Waals surface area contributed by atoms with Gasteiger partial charge in [0.15, 0.2) is 0 Å². The summed E-state index contributed by atoms with van der Waals surface area (Å²) in [5, 5.41) is 5.53. The smallest absolute Gasteiger partial charge is 0.246 e. The van der Waals surface area contributed by atoms with Crippen LogP contribution in [0.15, 0.2) is 47.4 Å². The van der Waals surface area contributed by atoms with E-state index in [2.05, 4.69) is 10.6 Å². The number of hydrogen-bond donors (Lipinski definition) is 2. The maximum absolute atomic E-state index is 13.1. The predicted molar refractivity (Wildman–Crippen MR) is 119 cm³/mol. The summed E-state index contributed by atoms with van der Waals surface area (Å²) >= 11 is 0. The third-order valence-corrected chi connectivity index (χ3v) is 7.15. The van der Waals surface area contributed by atoms with Gasteiger partial charge in [-0.15, -0.1) is 0 Å². The second kappa shape index (κ2) is 9.49. The zero-order valence-corrected chi connectivity index (χ0v) is 18.7. The summed E-state index contributed by atoms with van der Waals surface area (Å²) in [4.78, 5) is 23.9. The molecule has 9 heteroatoms. The van der Waals surface area contributed by atoms with Crippen LogP contribution in [0.25, 0.3) is 0 Å². The maximum Gasteiger partial charge on any atom is 0.246 e. The third kappa shape index (κ3) is 5.42. The van der Waals surface area contributed by atoms with E-state index in [0.29, 0.717) is 30.0 Å². The molecule has 0 saturated carbocycles. The molecule has 0 aromatic heterocycles. The lowest BCUT2D eigenvalue weighted by atomic mass is 9.97. The van der Waals surface area contributed by atoms with Crippen LogP contribution in [-0.2, 0) is 19.6 Å². The fraction of sp³-hybridized carbons (Fsp3) is 0.364. The molecular weight excluding hydrogens is 418 g/mol. The minimum absolute atomic E-state index is 0.141. The zero-order valence-electron chi connectivity index (χ0n) is 17.8. The van der Waals surface area contributed by atoms with E-state index in [9.17, 15) is 18.0 Å². The molecule has 0 atom stereocenters. The molecule has 166 valence electrons. The molecule has 1 aliphatic rings. The Morgan fingerprint density at radius 3 is 2.13 bits per heavy atom. The standard InChI is InChI=1S/C22H27N3O5S/c1-15-4-9-20(30-3)21(14-15)31(28,29)25-12-10-17(11-13-25)22(27)24-19-7-5-18(6-8-19)23-16(2)26/h4-9,14,17H,10-13H2,1-3H3,(H,23,26)(H,24,27). The Balaban J connectivity index is 1.62. The molecule has 1 heterocycles. The molecule has 3 rings (SSSR count). The van der Waals surface area contributed by atoms with Crippen LogP contribution in [0.4, 0.5) is 11.4 Å². The van der Waals surface area contributed by atoms with Gasteiger partial charge in [-0.25, -0.2) is 8.42 Å². The number of piperidine rings is 1. The first-order valence-corrected chi connectivity index (χ1v) is 11.5. The summed E-state index contributed by atoms with van der Waals surface area (Å²) in [5.41, 5.74) is 2.10. The lowest BCUT2D eigenvalue weighted by Crippen LogP contribution is -2.41. The number of hydrogen-bond acceptors (Lipinski definition) is 5. The monoisotopic (exact) mass is 445 g/mol. The van der Waals surface area contributed by atoms with Gasteiger partial charge in [0.2, 0.25) is 21.8 Å². The van der Waals surface area contributed by atoms with Crippen molar-refractivity contribution in [3.63, 3.8) is 0 Å². The van der Waals surface area contributed by atoms with Gasteiger partial charge < -0.3 is 15.4 Å². The Morgan fingerprint density at radius 2 is 1.58 bits per heavy atom. The van der Waals surface area contributed by atoms with Gasteiger partial charge in [-0.2, -0.15) is 4.31 Å². The van der Waals surface area contributed by atoms with Gasteiger partial charge in [-0.1, -0.05) is 6.07 Å². The number of nitrogens with one attached hydrogen (secondary N) is 2. The number of carbonyl (C=O) groups is 2. The van der Waals surface area contributed by atoms with Crippen molar-refractivity contribution in [1.82, 2.24) is 4.31 Å². The van der Waals surface area contributed by atoms with Crippen LogP contribution in [0.3, 0.4) is 0 Å². The minimum Gasteiger partial charge on any atom is -0.495 e. The topological polar surface area (TPSA) is 105 Å². The number of carbonyl (C=O) groups excluding carboxylic acids is 2. The molecule has 31 heavy (non-hydrogen) atoms. The van der Waals surface area contributed by atoms with Crippen molar-refractivity contribution in [3.05, 3.63) is 48.0 Å². The summed E-state index contributed by atoms with van der Waals surface area (Å²) in [6.45, 7) is 3.78. The largest absolute Gasteiger partial charge is 0.495 e. The highest BCUT2D eigenvalue weighted by Crippen LogP contribution is 2.31. The first kappa shape index (κ1) is 22.8. The quantitative estimate of drug-likeness (QED) is 0.711. The maximum atomic E-state index is 13.1. The van der Waals surface area contributed by atoms with Crippen LogP contribution >= 0.6 is 0 Å². The Bertz CT molecular complexity index is 1060. The van der Waals surface area contributed by atoms with Gasteiger partial charge in [-0.05, 0) is 61.7 Å². The number of ether oxygens (including phenoxy) is 1. The molecule has 0 aliphatic carbocycles. The van der Waals surface area contributed by atoms with E-state index in [4.69, 9.17) is 4.74 Å². The van der Waals surface area contributed by atoms with Crippen LogP contribution in [0, 0.1) is 12.8 Å². The molecule has 2 N–H and O–H groups in total. The molecule has 1 fully saturated rings. The molecule has 0 bridgehead atoms. The van der Waals surface area contributed by atoms with Crippen molar-refractivity contribution in [3.8, 4) is 5.75 Å². The second-order valence-electron chi connectivity index (χ2n) is 7.58. The van der Waals surface area contributed by atoms with Gasteiger partial charge in [0.1, 0.15) is 10.6 Å². The van der Waals surface area contributed by atoms with Crippen molar-refractivity contribution < 1.29 is 22.7 Å². The predicted octanol–water partition coefficient (Wildman–Crippen LogP) is 3.00. The highest BCUT2D eigenvalue weighted by molar-refractivity contribution is 7.89. The fourth-order valence-corrected chi connectivity index (χ4v) is 5.28. The lowest BCUT2D eigenvalue weighted by molar-refractivity contribution is -0.121. The highest BCUT2D eigenvalue weighted by Gasteiger charge is 2.33. The summed E-state index contributed by atoms with van der Waals surface area (Å²) in [5.74, 6) is -0.270. The van der Waals surface area contributed by atoms with Crippen molar-refractivity contribution in [2.75, 3.05) is 30.8 Å². The molecule has 1 aliphatic heterocycles. The molecule has 2 aromatic rings.